The predicted octanol–water partition coefficient (Wildman–Crippen LogP) is 6.42. The quantitative estimate of drug-likeness (QED) is 0.331. The number of fused-ring (bicyclic) bond motifs is 1. The Morgan fingerprint density at radius 3 is 2.60 bits per heavy atom. The molecule has 1 atom stereocenters. The monoisotopic (exact) mass is 484 g/mol. The summed E-state index contributed by atoms with van der Waals surface area (Å²) in [6.07, 6.45) is 4.69. The number of halogens is 1. The van der Waals surface area contributed by atoms with Crippen LogP contribution in [0.3, 0.4) is 0 Å². The number of amides is 1. The van der Waals surface area contributed by atoms with Gasteiger partial charge in [-0.1, -0.05) is 54.9 Å². The number of aromatic nitrogens is 2. The zero-order valence-electron chi connectivity index (χ0n) is 19.5. The van der Waals surface area contributed by atoms with Gasteiger partial charge in [-0.2, -0.15) is 5.10 Å². The van der Waals surface area contributed by atoms with Crippen LogP contribution in [0, 0.1) is 0 Å². The van der Waals surface area contributed by atoms with E-state index in [1.54, 1.807) is 37.6 Å². The molecule has 1 aromatic heterocycles. The second-order valence-corrected chi connectivity index (χ2v) is 8.73. The number of carbonyl (C=O) groups excluding carboxylic acids is 1. The molecule has 5 rings (SSSR count). The molecule has 0 radical (unpaired) electrons. The average Bonchev–Trinajstić information content (AvgIpc) is 3.34. The van der Waals surface area contributed by atoms with Crippen molar-refractivity contribution in [2.24, 2.45) is 0 Å². The molecule has 0 spiro atoms. The summed E-state index contributed by atoms with van der Waals surface area (Å²) in [5, 5.41) is 11.6. The van der Waals surface area contributed by atoms with E-state index in [0.717, 1.165) is 29.0 Å². The Morgan fingerprint density at radius 2 is 1.89 bits per heavy atom. The molecule has 4 aromatic rings. The van der Waals surface area contributed by atoms with Crippen molar-refractivity contribution >= 4 is 34.7 Å². The van der Waals surface area contributed by atoms with Gasteiger partial charge in [0.2, 0.25) is 0 Å². The number of rotatable bonds is 6. The molecule has 35 heavy (non-hydrogen) atoms. The SMILES string of the molecule is CCc1ccc(C2=C[C@@H](c3cccc(OC)c3)n3ncc(C(=O)Nc4ccc(Cl)cc4)c3N2)cc1. The second kappa shape index (κ2) is 9.68. The smallest absolute Gasteiger partial charge is 0.261 e. The van der Waals surface area contributed by atoms with E-state index >= 15 is 0 Å². The molecule has 1 aliphatic rings. The minimum absolute atomic E-state index is 0.223. The van der Waals surface area contributed by atoms with Crippen LogP contribution >= 0.6 is 11.6 Å². The number of hydrogen-bond donors (Lipinski definition) is 2. The lowest BCUT2D eigenvalue weighted by Gasteiger charge is -2.26. The van der Waals surface area contributed by atoms with Gasteiger partial charge in [0.25, 0.3) is 5.91 Å². The van der Waals surface area contributed by atoms with Crippen molar-refractivity contribution in [2.45, 2.75) is 19.4 Å². The molecule has 0 bridgehead atoms. The Hall–Kier alpha value is -4.03. The van der Waals surface area contributed by atoms with Gasteiger partial charge < -0.3 is 15.4 Å². The van der Waals surface area contributed by atoms with E-state index in [-0.39, 0.29) is 11.9 Å². The fourth-order valence-electron chi connectivity index (χ4n) is 4.14. The van der Waals surface area contributed by atoms with Crippen LogP contribution in [0.4, 0.5) is 11.5 Å². The van der Waals surface area contributed by atoms with Gasteiger partial charge in [0, 0.05) is 16.4 Å². The van der Waals surface area contributed by atoms with Gasteiger partial charge in [-0.15, -0.1) is 0 Å². The molecule has 0 unspecified atom stereocenters. The highest BCUT2D eigenvalue weighted by Crippen LogP contribution is 2.36. The molecule has 6 nitrogen and oxygen atoms in total. The topological polar surface area (TPSA) is 68.2 Å². The largest absolute Gasteiger partial charge is 0.497 e. The van der Waals surface area contributed by atoms with E-state index in [0.29, 0.717) is 22.1 Å². The number of nitrogens with zero attached hydrogens (tertiary/aromatic N) is 2. The number of nitrogens with one attached hydrogen (secondary N) is 2. The van der Waals surface area contributed by atoms with E-state index in [1.807, 2.05) is 28.9 Å². The third-order valence-corrected chi connectivity index (χ3v) is 6.34. The van der Waals surface area contributed by atoms with Crippen LogP contribution in [-0.4, -0.2) is 22.8 Å². The Labute approximate surface area is 209 Å². The van der Waals surface area contributed by atoms with Gasteiger partial charge in [0.1, 0.15) is 17.1 Å². The maximum Gasteiger partial charge on any atom is 0.261 e. The van der Waals surface area contributed by atoms with Crippen molar-refractivity contribution in [3.8, 4) is 5.75 Å². The number of ether oxygens (including phenoxy) is 1. The fourth-order valence-corrected chi connectivity index (χ4v) is 4.27. The molecule has 0 fully saturated rings. The lowest BCUT2D eigenvalue weighted by molar-refractivity contribution is 0.102. The average molecular weight is 485 g/mol. The number of benzene rings is 3. The van der Waals surface area contributed by atoms with Gasteiger partial charge in [0.05, 0.1) is 19.3 Å². The Bertz CT molecular complexity index is 1390. The standard InChI is InChI=1S/C28H25ClN4O2/c1-3-18-7-9-19(10-8-18)25-16-26(20-5-4-6-23(15-20)35-2)33-27(32-25)24(17-30-33)28(34)31-22-13-11-21(29)12-14-22/h4-17,26,32H,3H2,1-2H3,(H,31,34)/t26-/m0/s1. The van der Waals surface area contributed by atoms with Crippen molar-refractivity contribution in [1.29, 1.82) is 0 Å². The van der Waals surface area contributed by atoms with E-state index in [9.17, 15) is 4.79 Å². The summed E-state index contributed by atoms with van der Waals surface area (Å²) in [6.45, 7) is 2.14. The summed E-state index contributed by atoms with van der Waals surface area (Å²) < 4.78 is 7.28. The third kappa shape index (κ3) is 4.66. The molecule has 0 saturated carbocycles. The number of aryl methyl sites for hydroxylation is 1. The fraction of sp³-hybridized carbons (Fsp3) is 0.143. The normalized spacial score (nSPS) is 14.5. The van der Waals surface area contributed by atoms with Crippen LogP contribution in [0.2, 0.25) is 5.02 Å². The highest BCUT2D eigenvalue weighted by molar-refractivity contribution is 6.30. The molecule has 1 aliphatic heterocycles. The van der Waals surface area contributed by atoms with Crippen LogP contribution in [0.25, 0.3) is 5.70 Å². The number of carbonyl (C=O) groups is 1. The van der Waals surface area contributed by atoms with E-state index < -0.39 is 0 Å². The molecule has 7 heteroatoms. The van der Waals surface area contributed by atoms with Crippen molar-refractivity contribution < 1.29 is 9.53 Å². The maximum absolute atomic E-state index is 13.2. The molecule has 2 N–H and O–H groups in total. The lowest BCUT2D eigenvalue weighted by Crippen LogP contribution is -2.22. The predicted molar refractivity (Wildman–Crippen MR) is 140 cm³/mol. The zero-order chi connectivity index (χ0) is 24.4. The van der Waals surface area contributed by atoms with Crippen molar-refractivity contribution in [2.75, 3.05) is 17.7 Å². The first-order valence-electron chi connectivity index (χ1n) is 11.4. The Balaban J connectivity index is 1.55. The van der Waals surface area contributed by atoms with E-state index in [1.165, 1.54) is 5.56 Å². The van der Waals surface area contributed by atoms with Crippen LogP contribution < -0.4 is 15.4 Å². The van der Waals surface area contributed by atoms with Crippen molar-refractivity contribution in [1.82, 2.24) is 9.78 Å². The van der Waals surface area contributed by atoms with Gasteiger partial charge in [-0.25, -0.2) is 4.68 Å². The Morgan fingerprint density at radius 1 is 1.11 bits per heavy atom. The van der Waals surface area contributed by atoms with E-state index in [4.69, 9.17) is 16.3 Å². The molecule has 3 aromatic carbocycles. The van der Waals surface area contributed by atoms with Crippen molar-refractivity contribution in [3.63, 3.8) is 0 Å². The minimum Gasteiger partial charge on any atom is -0.497 e. The first-order valence-corrected chi connectivity index (χ1v) is 11.8. The van der Waals surface area contributed by atoms with Gasteiger partial charge in [0.15, 0.2) is 0 Å². The third-order valence-electron chi connectivity index (χ3n) is 6.09. The molecule has 0 aliphatic carbocycles. The molecule has 176 valence electrons. The first kappa shape index (κ1) is 22.7. The maximum atomic E-state index is 13.2. The number of methoxy groups -OCH3 is 1. The summed E-state index contributed by atoms with van der Waals surface area (Å²) in [4.78, 5) is 13.2. The summed E-state index contributed by atoms with van der Waals surface area (Å²) in [5.41, 5.74) is 5.32. The summed E-state index contributed by atoms with van der Waals surface area (Å²) in [6, 6.07) is 23.1. The number of anilines is 2. The zero-order valence-corrected chi connectivity index (χ0v) is 20.2. The molecular weight excluding hydrogens is 460 g/mol. The van der Waals surface area contributed by atoms with Crippen LogP contribution in [-0.2, 0) is 6.42 Å². The first-order chi connectivity index (χ1) is 17.1. The lowest BCUT2D eigenvalue weighted by atomic mass is 10.00. The number of hydrogen-bond acceptors (Lipinski definition) is 4. The Kier molecular flexibility index (Phi) is 6.29. The van der Waals surface area contributed by atoms with Gasteiger partial charge in [-0.05, 0) is 65.6 Å². The highest BCUT2D eigenvalue weighted by Gasteiger charge is 2.28. The van der Waals surface area contributed by atoms with E-state index in [2.05, 4.69) is 53.0 Å². The van der Waals surface area contributed by atoms with Crippen LogP contribution in [0.1, 0.15) is 40.0 Å². The van der Waals surface area contributed by atoms with Crippen LogP contribution in [0.15, 0.2) is 85.1 Å². The molecular formula is C28H25ClN4O2. The van der Waals surface area contributed by atoms with Crippen molar-refractivity contribution in [3.05, 3.63) is 112 Å². The summed E-state index contributed by atoms with van der Waals surface area (Å²) in [5.74, 6) is 1.13. The summed E-state index contributed by atoms with van der Waals surface area (Å²) >= 11 is 5.98. The highest BCUT2D eigenvalue weighted by atomic mass is 35.5. The van der Waals surface area contributed by atoms with Crippen LogP contribution in [0.5, 0.6) is 5.75 Å². The molecule has 2 heterocycles. The second-order valence-electron chi connectivity index (χ2n) is 8.29. The molecule has 1 amide bonds. The number of allylic oxidation sites excluding steroid dienone is 1. The summed E-state index contributed by atoms with van der Waals surface area (Å²) in [7, 11) is 1.65. The van der Waals surface area contributed by atoms with Gasteiger partial charge in [-0.3, -0.25) is 4.79 Å². The molecule has 0 saturated heterocycles. The minimum atomic E-state index is -0.256. The van der Waals surface area contributed by atoms with Gasteiger partial charge >= 0.3 is 0 Å².